The van der Waals surface area contributed by atoms with E-state index in [4.69, 9.17) is 4.42 Å². The lowest BCUT2D eigenvalue weighted by Gasteiger charge is -2.07. The molecule has 6 heteroatoms. The molecule has 0 bridgehead atoms. The van der Waals surface area contributed by atoms with E-state index in [1.807, 2.05) is 7.05 Å². The zero-order valence-corrected chi connectivity index (χ0v) is 11.0. The third kappa shape index (κ3) is 3.60. The van der Waals surface area contributed by atoms with Crippen molar-refractivity contribution in [2.24, 2.45) is 0 Å². The average Bonchev–Trinajstić information content (AvgIpc) is 2.87. The number of nitrogens with one attached hydrogen (secondary N) is 1. The van der Waals surface area contributed by atoms with Gasteiger partial charge in [0.05, 0.1) is 11.8 Å². The van der Waals surface area contributed by atoms with E-state index in [1.165, 1.54) is 12.3 Å². The maximum Gasteiger partial charge on any atom is 0.416 e. The maximum absolute atomic E-state index is 12.6. The molecule has 0 aliphatic heterocycles. The molecule has 0 saturated carbocycles. The molecule has 0 fully saturated rings. The third-order valence-electron chi connectivity index (χ3n) is 2.85. The Labute approximate surface area is 114 Å². The van der Waals surface area contributed by atoms with E-state index < -0.39 is 11.7 Å². The number of aryl methyl sites for hydroxylation is 1. The van der Waals surface area contributed by atoms with Crippen LogP contribution in [-0.2, 0) is 12.6 Å². The van der Waals surface area contributed by atoms with Crippen molar-refractivity contribution < 1.29 is 17.6 Å². The predicted octanol–water partition coefficient (Wildman–Crippen LogP) is 3.51. The number of alkyl halides is 3. The van der Waals surface area contributed by atoms with Crippen molar-refractivity contribution in [1.29, 1.82) is 0 Å². The summed E-state index contributed by atoms with van der Waals surface area (Å²) in [6.45, 7) is 0.835. The van der Waals surface area contributed by atoms with Gasteiger partial charge in [-0.15, -0.1) is 0 Å². The van der Waals surface area contributed by atoms with Gasteiger partial charge in [0.15, 0.2) is 11.7 Å². The van der Waals surface area contributed by atoms with Gasteiger partial charge in [-0.25, -0.2) is 4.98 Å². The lowest BCUT2D eigenvalue weighted by atomic mass is 10.1. The van der Waals surface area contributed by atoms with Crippen molar-refractivity contribution in [2.75, 3.05) is 13.6 Å². The molecule has 0 atom stereocenters. The van der Waals surface area contributed by atoms with Crippen LogP contribution in [0.5, 0.6) is 0 Å². The lowest BCUT2D eigenvalue weighted by Crippen LogP contribution is -2.08. The quantitative estimate of drug-likeness (QED) is 0.854. The highest BCUT2D eigenvalue weighted by Gasteiger charge is 2.30. The van der Waals surface area contributed by atoms with E-state index in [0.717, 1.165) is 25.1 Å². The van der Waals surface area contributed by atoms with Gasteiger partial charge >= 0.3 is 6.18 Å². The second-order valence-electron chi connectivity index (χ2n) is 4.40. The van der Waals surface area contributed by atoms with Gasteiger partial charge in [-0.1, -0.05) is 12.1 Å². The van der Waals surface area contributed by atoms with Gasteiger partial charge in [0.2, 0.25) is 0 Å². The zero-order valence-electron chi connectivity index (χ0n) is 11.0. The molecule has 0 spiro atoms. The van der Waals surface area contributed by atoms with Crippen molar-refractivity contribution in [3.05, 3.63) is 41.9 Å². The van der Waals surface area contributed by atoms with Crippen LogP contribution in [0, 0.1) is 0 Å². The second-order valence-corrected chi connectivity index (χ2v) is 4.40. The number of aromatic nitrogens is 1. The van der Waals surface area contributed by atoms with Crippen LogP contribution in [0.2, 0.25) is 0 Å². The van der Waals surface area contributed by atoms with Gasteiger partial charge in [-0.3, -0.25) is 0 Å². The Morgan fingerprint density at radius 2 is 2.10 bits per heavy atom. The molecule has 0 aliphatic carbocycles. The van der Waals surface area contributed by atoms with Crippen LogP contribution < -0.4 is 5.32 Å². The van der Waals surface area contributed by atoms with Gasteiger partial charge in [0.1, 0.15) is 0 Å². The van der Waals surface area contributed by atoms with Gasteiger partial charge in [0.25, 0.3) is 0 Å². The van der Waals surface area contributed by atoms with E-state index in [-0.39, 0.29) is 0 Å². The molecule has 2 aromatic rings. The summed E-state index contributed by atoms with van der Waals surface area (Å²) in [5, 5.41) is 3.01. The lowest BCUT2D eigenvalue weighted by molar-refractivity contribution is -0.137. The van der Waals surface area contributed by atoms with Gasteiger partial charge in [-0.05, 0) is 32.1 Å². The van der Waals surface area contributed by atoms with Crippen molar-refractivity contribution in [3.63, 3.8) is 0 Å². The van der Waals surface area contributed by atoms with Crippen LogP contribution in [0.15, 0.2) is 34.9 Å². The zero-order chi connectivity index (χ0) is 14.6. The molecule has 3 nitrogen and oxygen atoms in total. The fourth-order valence-corrected chi connectivity index (χ4v) is 1.82. The Morgan fingerprint density at radius 3 is 2.80 bits per heavy atom. The predicted molar refractivity (Wildman–Crippen MR) is 69.2 cm³/mol. The molecule has 20 heavy (non-hydrogen) atoms. The largest absolute Gasteiger partial charge is 0.441 e. The topological polar surface area (TPSA) is 38.1 Å². The van der Waals surface area contributed by atoms with Crippen molar-refractivity contribution in [3.8, 4) is 11.3 Å². The van der Waals surface area contributed by atoms with Crippen LogP contribution in [0.3, 0.4) is 0 Å². The minimum Gasteiger partial charge on any atom is -0.441 e. The molecule has 1 heterocycles. The highest BCUT2D eigenvalue weighted by molar-refractivity contribution is 5.57. The summed E-state index contributed by atoms with van der Waals surface area (Å²) in [6, 6.07) is 5.04. The van der Waals surface area contributed by atoms with E-state index in [2.05, 4.69) is 10.3 Å². The number of oxazole rings is 1. The molecule has 1 aromatic heterocycles. The summed E-state index contributed by atoms with van der Waals surface area (Å²) in [6.07, 6.45) is -1.38. The van der Waals surface area contributed by atoms with Crippen LogP contribution in [0.4, 0.5) is 13.2 Å². The van der Waals surface area contributed by atoms with Crippen LogP contribution in [0.25, 0.3) is 11.3 Å². The maximum atomic E-state index is 12.6. The fourth-order valence-electron chi connectivity index (χ4n) is 1.82. The SMILES string of the molecule is CNCCCc1ncc(-c2cccc(C(F)(F)F)c2)o1. The Bertz CT molecular complexity index is 564. The van der Waals surface area contributed by atoms with E-state index >= 15 is 0 Å². The first kappa shape index (κ1) is 14.6. The van der Waals surface area contributed by atoms with E-state index in [1.54, 1.807) is 6.07 Å². The minimum absolute atomic E-state index is 0.357. The molecule has 1 N–H and O–H groups in total. The number of hydrogen-bond acceptors (Lipinski definition) is 3. The summed E-state index contributed by atoms with van der Waals surface area (Å²) in [7, 11) is 1.85. The summed E-state index contributed by atoms with van der Waals surface area (Å²) < 4.78 is 43.4. The molecule has 1 aromatic carbocycles. The smallest absolute Gasteiger partial charge is 0.416 e. The Kier molecular flexibility index (Phi) is 4.44. The highest BCUT2D eigenvalue weighted by atomic mass is 19.4. The second kappa shape index (κ2) is 6.09. The number of halogens is 3. The van der Waals surface area contributed by atoms with Crippen LogP contribution in [0.1, 0.15) is 17.9 Å². The highest BCUT2D eigenvalue weighted by Crippen LogP contribution is 2.32. The molecular weight excluding hydrogens is 269 g/mol. The van der Waals surface area contributed by atoms with Gasteiger partial charge in [0, 0.05) is 12.0 Å². The molecular formula is C14H15F3N2O. The molecule has 0 amide bonds. The Morgan fingerprint density at radius 1 is 1.30 bits per heavy atom. The fraction of sp³-hybridized carbons (Fsp3) is 0.357. The van der Waals surface area contributed by atoms with Crippen LogP contribution in [-0.4, -0.2) is 18.6 Å². The van der Waals surface area contributed by atoms with Crippen LogP contribution >= 0.6 is 0 Å². The summed E-state index contributed by atoms with van der Waals surface area (Å²) in [4.78, 5) is 4.08. The molecule has 2 rings (SSSR count). The number of benzene rings is 1. The first-order valence-corrected chi connectivity index (χ1v) is 6.27. The van der Waals surface area contributed by atoms with Gasteiger partial charge < -0.3 is 9.73 Å². The molecule has 0 saturated heterocycles. The van der Waals surface area contributed by atoms with Crippen molar-refractivity contribution >= 4 is 0 Å². The Hall–Kier alpha value is -1.82. The third-order valence-corrected chi connectivity index (χ3v) is 2.85. The molecule has 0 aliphatic rings. The van der Waals surface area contributed by atoms with E-state index in [9.17, 15) is 13.2 Å². The Balaban J connectivity index is 2.16. The first-order valence-electron chi connectivity index (χ1n) is 6.27. The summed E-state index contributed by atoms with van der Waals surface area (Å²) in [5.74, 6) is 0.892. The first-order chi connectivity index (χ1) is 9.50. The molecule has 0 unspecified atom stereocenters. The standard InChI is InChI=1S/C14H15F3N2O/c1-18-7-3-6-13-19-9-12(20-13)10-4-2-5-11(8-10)14(15,16)17/h2,4-5,8-9,18H,3,6-7H2,1H3. The monoisotopic (exact) mass is 284 g/mol. The minimum atomic E-state index is -4.36. The van der Waals surface area contributed by atoms with Gasteiger partial charge in [-0.2, -0.15) is 13.2 Å². The number of nitrogens with zero attached hydrogens (tertiary/aromatic N) is 1. The number of rotatable bonds is 5. The number of hydrogen-bond donors (Lipinski definition) is 1. The van der Waals surface area contributed by atoms with E-state index in [0.29, 0.717) is 23.6 Å². The normalized spacial score (nSPS) is 11.8. The van der Waals surface area contributed by atoms with Crippen molar-refractivity contribution in [1.82, 2.24) is 10.3 Å². The van der Waals surface area contributed by atoms with Crippen molar-refractivity contribution in [2.45, 2.75) is 19.0 Å². The average molecular weight is 284 g/mol. The summed E-state index contributed by atoms with van der Waals surface area (Å²) in [5.41, 5.74) is -0.310. The molecule has 0 radical (unpaired) electrons. The molecule has 108 valence electrons. The summed E-state index contributed by atoms with van der Waals surface area (Å²) >= 11 is 0.